The van der Waals surface area contributed by atoms with Crippen molar-refractivity contribution in [1.82, 2.24) is 0 Å². The minimum Gasteiger partial charge on any atom is -0.0622 e. The number of hydrogen-bond donors (Lipinski definition) is 0. The van der Waals surface area contributed by atoms with E-state index in [0.717, 1.165) is 6.42 Å². The lowest BCUT2D eigenvalue weighted by atomic mass is 9.66. The van der Waals surface area contributed by atoms with Crippen LogP contribution in [0.1, 0.15) is 50.8 Å². The Morgan fingerprint density at radius 1 is 0.750 bits per heavy atom. The summed E-state index contributed by atoms with van der Waals surface area (Å²) in [7, 11) is 0. The largest absolute Gasteiger partial charge is 0.0622 e. The zero-order valence-electron chi connectivity index (χ0n) is 13.4. The first-order chi connectivity index (χ1) is 9.33. The van der Waals surface area contributed by atoms with Gasteiger partial charge in [-0.3, -0.25) is 0 Å². The summed E-state index contributed by atoms with van der Waals surface area (Å²) in [6.07, 6.45) is 1.13. The van der Waals surface area contributed by atoms with E-state index in [1.807, 2.05) is 0 Å². The minimum absolute atomic E-state index is 0.0604. The van der Waals surface area contributed by atoms with Crippen LogP contribution in [0.25, 0.3) is 0 Å². The molecule has 0 N–H and O–H groups in total. The van der Waals surface area contributed by atoms with Crippen LogP contribution in [-0.4, -0.2) is 0 Å². The van der Waals surface area contributed by atoms with Crippen LogP contribution in [-0.2, 0) is 5.41 Å². The summed E-state index contributed by atoms with van der Waals surface area (Å²) in [6, 6.07) is 19.7. The van der Waals surface area contributed by atoms with E-state index in [1.165, 1.54) is 16.7 Å². The van der Waals surface area contributed by atoms with E-state index in [9.17, 15) is 0 Å². The van der Waals surface area contributed by atoms with Gasteiger partial charge in [0.05, 0.1) is 0 Å². The smallest absolute Gasteiger partial charge is 0.0182 e. The minimum atomic E-state index is 0.0604. The molecule has 1 unspecified atom stereocenters. The van der Waals surface area contributed by atoms with Crippen molar-refractivity contribution in [2.75, 3.05) is 0 Å². The molecule has 0 bridgehead atoms. The van der Waals surface area contributed by atoms with Gasteiger partial charge in [-0.25, -0.2) is 0 Å². The molecule has 20 heavy (non-hydrogen) atoms. The predicted molar refractivity (Wildman–Crippen MR) is 88.1 cm³/mol. The molecule has 0 aliphatic carbocycles. The van der Waals surface area contributed by atoms with E-state index in [0.29, 0.717) is 0 Å². The number of rotatable bonds is 3. The van der Waals surface area contributed by atoms with Crippen LogP contribution < -0.4 is 0 Å². The van der Waals surface area contributed by atoms with Gasteiger partial charge in [0.15, 0.2) is 0 Å². The van der Waals surface area contributed by atoms with Gasteiger partial charge in [-0.2, -0.15) is 0 Å². The molecule has 0 aromatic heterocycles. The Labute approximate surface area is 123 Å². The Hall–Kier alpha value is -1.56. The first-order valence-electron chi connectivity index (χ1n) is 7.45. The van der Waals surface area contributed by atoms with Crippen LogP contribution in [0, 0.1) is 12.3 Å². The monoisotopic (exact) mass is 266 g/mol. The fraction of sp³-hybridized carbons (Fsp3) is 0.400. The molecular weight excluding hydrogens is 240 g/mol. The predicted octanol–water partition coefficient (Wildman–Crippen LogP) is 5.74. The third-order valence-corrected chi connectivity index (χ3v) is 4.03. The van der Waals surface area contributed by atoms with Gasteiger partial charge in [0.2, 0.25) is 0 Å². The highest BCUT2D eigenvalue weighted by Crippen LogP contribution is 2.42. The van der Waals surface area contributed by atoms with Gasteiger partial charge in [0.25, 0.3) is 0 Å². The van der Waals surface area contributed by atoms with E-state index in [-0.39, 0.29) is 10.8 Å². The molecule has 0 spiro atoms. The molecule has 2 rings (SSSR count). The van der Waals surface area contributed by atoms with Crippen LogP contribution >= 0.6 is 0 Å². The molecule has 2 aromatic carbocycles. The second-order valence-corrected chi connectivity index (χ2v) is 7.25. The Morgan fingerprint density at radius 3 is 1.85 bits per heavy atom. The molecule has 0 heteroatoms. The zero-order valence-corrected chi connectivity index (χ0v) is 13.4. The summed E-state index contributed by atoms with van der Waals surface area (Å²) in [6.45, 7) is 11.6. The topological polar surface area (TPSA) is 0 Å². The zero-order chi connectivity index (χ0) is 14.8. The van der Waals surface area contributed by atoms with Gasteiger partial charge in [-0.05, 0) is 35.4 Å². The van der Waals surface area contributed by atoms with Crippen molar-refractivity contribution < 1.29 is 0 Å². The maximum Gasteiger partial charge on any atom is 0.0182 e. The fourth-order valence-electron chi connectivity index (χ4n) is 3.41. The Bertz CT molecular complexity index is 560. The third kappa shape index (κ3) is 3.12. The molecule has 0 saturated heterocycles. The molecule has 0 fully saturated rings. The summed E-state index contributed by atoms with van der Waals surface area (Å²) in [5, 5.41) is 0. The Balaban J connectivity index is 2.59. The lowest BCUT2D eigenvalue weighted by Crippen LogP contribution is -2.30. The fourth-order valence-corrected chi connectivity index (χ4v) is 3.41. The SMILES string of the molecule is Cc1ccccc1C(C)(CC(C)(C)C)c1ccccc1. The average Bonchev–Trinajstić information content (AvgIpc) is 2.38. The van der Waals surface area contributed by atoms with Gasteiger partial charge in [0, 0.05) is 5.41 Å². The summed E-state index contributed by atoms with van der Waals surface area (Å²) >= 11 is 0. The van der Waals surface area contributed by atoms with Gasteiger partial charge < -0.3 is 0 Å². The Morgan fingerprint density at radius 2 is 1.30 bits per heavy atom. The van der Waals surface area contributed by atoms with E-state index in [1.54, 1.807) is 0 Å². The van der Waals surface area contributed by atoms with E-state index >= 15 is 0 Å². The second kappa shape index (κ2) is 5.44. The number of aryl methyl sites for hydroxylation is 1. The molecule has 2 aromatic rings. The number of hydrogen-bond acceptors (Lipinski definition) is 0. The van der Waals surface area contributed by atoms with Crippen molar-refractivity contribution in [2.45, 2.75) is 46.5 Å². The molecule has 0 radical (unpaired) electrons. The maximum atomic E-state index is 2.38. The second-order valence-electron chi connectivity index (χ2n) is 7.25. The lowest BCUT2D eigenvalue weighted by molar-refractivity contribution is 0.299. The van der Waals surface area contributed by atoms with Gasteiger partial charge in [0.1, 0.15) is 0 Å². The summed E-state index contributed by atoms with van der Waals surface area (Å²) in [5.41, 5.74) is 4.58. The average molecular weight is 266 g/mol. The quantitative estimate of drug-likeness (QED) is 0.664. The molecule has 0 heterocycles. The first-order valence-corrected chi connectivity index (χ1v) is 7.45. The first kappa shape index (κ1) is 14.8. The van der Waals surface area contributed by atoms with Gasteiger partial charge >= 0.3 is 0 Å². The molecular formula is C20H26. The normalized spacial score (nSPS) is 14.8. The molecule has 0 aliphatic heterocycles. The highest BCUT2D eigenvalue weighted by Gasteiger charge is 2.34. The maximum absolute atomic E-state index is 2.38. The van der Waals surface area contributed by atoms with Crippen LogP contribution in [0.4, 0.5) is 0 Å². The van der Waals surface area contributed by atoms with Crippen LogP contribution in [0.3, 0.4) is 0 Å². The van der Waals surface area contributed by atoms with Crippen LogP contribution in [0.2, 0.25) is 0 Å². The highest BCUT2D eigenvalue weighted by atomic mass is 14.4. The standard InChI is InChI=1S/C20H26/c1-16-11-9-10-14-18(16)20(5,15-19(2,3)4)17-12-7-6-8-13-17/h6-14H,15H2,1-5H3. The van der Waals surface area contributed by atoms with E-state index in [2.05, 4.69) is 89.2 Å². The van der Waals surface area contributed by atoms with E-state index < -0.39 is 0 Å². The van der Waals surface area contributed by atoms with Crippen molar-refractivity contribution in [3.8, 4) is 0 Å². The van der Waals surface area contributed by atoms with Crippen molar-refractivity contribution in [3.63, 3.8) is 0 Å². The van der Waals surface area contributed by atoms with Crippen molar-refractivity contribution >= 4 is 0 Å². The summed E-state index contributed by atoms with van der Waals surface area (Å²) in [5.74, 6) is 0. The van der Waals surface area contributed by atoms with E-state index in [4.69, 9.17) is 0 Å². The third-order valence-electron chi connectivity index (χ3n) is 4.03. The Kier molecular flexibility index (Phi) is 4.04. The molecule has 0 aliphatic rings. The van der Waals surface area contributed by atoms with Gasteiger partial charge in [-0.1, -0.05) is 82.3 Å². The van der Waals surface area contributed by atoms with Crippen LogP contribution in [0.15, 0.2) is 54.6 Å². The van der Waals surface area contributed by atoms with Crippen molar-refractivity contribution in [3.05, 3.63) is 71.3 Å². The number of benzene rings is 2. The molecule has 106 valence electrons. The highest BCUT2D eigenvalue weighted by molar-refractivity contribution is 5.42. The summed E-state index contributed by atoms with van der Waals surface area (Å²) in [4.78, 5) is 0. The lowest BCUT2D eigenvalue weighted by Gasteiger charge is -2.38. The molecule has 0 nitrogen and oxygen atoms in total. The summed E-state index contributed by atoms with van der Waals surface area (Å²) < 4.78 is 0. The van der Waals surface area contributed by atoms with Crippen LogP contribution in [0.5, 0.6) is 0 Å². The molecule has 0 amide bonds. The molecule has 1 atom stereocenters. The van der Waals surface area contributed by atoms with Crippen molar-refractivity contribution in [1.29, 1.82) is 0 Å². The molecule has 0 saturated carbocycles. The van der Waals surface area contributed by atoms with Gasteiger partial charge in [-0.15, -0.1) is 0 Å². The van der Waals surface area contributed by atoms with Crippen molar-refractivity contribution in [2.24, 2.45) is 5.41 Å².